The molecule has 0 aliphatic heterocycles. The minimum absolute atomic E-state index is 0.0402. The molecule has 32 heavy (non-hydrogen) atoms. The lowest BCUT2D eigenvalue weighted by Crippen LogP contribution is -2.31. The summed E-state index contributed by atoms with van der Waals surface area (Å²) in [6.45, 7) is 2.09. The van der Waals surface area contributed by atoms with Crippen LogP contribution in [-0.2, 0) is 11.3 Å². The molecule has 8 nitrogen and oxygen atoms in total. The van der Waals surface area contributed by atoms with Crippen LogP contribution in [-0.4, -0.2) is 50.3 Å². The Morgan fingerprint density at radius 3 is 2.75 bits per heavy atom. The maximum atomic E-state index is 11.5. The third kappa shape index (κ3) is 4.44. The van der Waals surface area contributed by atoms with Crippen molar-refractivity contribution in [3.05, 3.63) is 52.3 Å². The number of aromatic carboxylic acids is 1. The molecule has 1 aromatic carbocycles. The van der Waals surface area contributed by atoms with Crippen LogP contribution in [0.3, 0.4) is 0 Å². The number of hydrogen-bond acceptors (Lipinski definition) is 6. The van der Waals surface area contributed by atoms with E-state index in [2.05, 4.69) is 10.1 Å². The van der Waals surface area contributed by atoms with E-state index in [4.69, 9.17) is 21.1 Å². The Kier molecular flexibility index (Phi) is 6.64. The number of methoxy groups -OCH3 is 1. The molecule has 1 saturated carbocycles. The zero-order valence-electron chi connectivity index (χ0n) is 18.0. The monoisotopic (exact) mass is 459 g/mol. The Bertz CT molecular complexity index is 1130. The lowest BCUT2D eigenvalue weighted by atomic mass is 10.0. The fourth-order valence-corrected chi connectivity index (χ4v) is 4.66. The molecule has 1 fully saturated rings. The van der Waals surface area contributed by atoms with Gasteiger partial charge < -0.3 is 19.7 Å². The number of carbonyl (C=O) groups is 1. The molecule has 0 saturated heterocycles. The fraction of sp³-hybridized carbons (Fsp3) is 0.435. The minimum atomic E-state index is -1.07. The number of pyridine rings is 1. The number of nitrogens with zero attached hydrogens (tertiary/aromatic N) is 3. The van der Waals surface area contributed by atoms with Crippen molar-refractivity contribution < 1.29 is 24.5 Å². The molecule has 9 heteroatoms. The molecule has 2 N–H and O–H groups in total. The van der Waals surface area contributed by atoms with Crippen molar-refractivity contribution in [1.82, 2.24) is 14.8 Å². The van der Waals surface area contributed by atoms with Gasteiger partial charge >= 0.3 is 5.97 Å². The first-order chi connectivity index (χ1) is 15.4. The summed E-state index contributed by atoms with van der Waals surface area (Å²) in [6, 6.07) is 5.04. The number of aliphatic hydroxyl groups is 1. The van der Waals surface area contributed by atoms with Gasteiger partial charge in [0.1, 0.15) is 29.0 Å². The molecule has 2 aromatic heterocycles. The van der Waals surface area contributed by atoms with Gasteiger partial charge in [0.2, 0.25) is 0 Å². The van der Waals surface area contributed by atoms with Crippen LogP contribution in [0.5, 0.6) is 5.75 Å². The number of aliphatic hydroxyl groups excluding tert-OH is 1. The highest BCUT2D eigenvalue weighted by Gasteiger charge is 2.30. The normalized spacial score (nSPS) is 16.4. The van der Waals surface area contributed by atoms with Crippen LogP contribution in [0.2, 0.25) is 5.02 Å². The van der Waals surface area contributed by atoms with E-state index in [9.17, 15) is 15.0 Å². The molecule has 4 rings (SSSR count). The maximum Gasteiger partial charge on any atom is 0.338 e. The predicted molar refractivity (Wildman–Crippen MR) is 119 cm³/mol. The van der Waals surface area contributed by atoms with E-state index in [1.807, 2.05) is 13.0 Å². The summed E-state index contributed by atoms with van der Waals surface area (Å²) in [6.07, 6.45) is 5.50. The summed E-state index contributed by atoms with van der Waals surface area (Å²) in [5.41, 5.74) is 2.22. The number of ether oxygens (including phenoxy) is 2. The second kappa shape index (κ2) is 9.44. The summed E-state index contributed by atoms with van der Waals surface area (Å²) in [4.78, 5) is 15.7. The molecular weight excluding hydrogens is 434 g/mol. The van der Waals surface area contributed by atoms with Crippen LogP contribution < -0.4 is 4.74 Å². The van der Waals surface area contributed by atoms with E-state index in [0.29, 0.717) is 27.4 Å². The number of aromatic nitrogens is 3. The van der Waals surface area contributed by atoms with Crippen LogP contribution >= 0.6 is 11.6 Å². The van der Waals surface area contributed by atoms with Crippen molar-refractivity contribution in [3.63, 3.8) is 0 Å². The first-order valence-corrected chi connectivity index (χ1v) is 11.0. The van der Waals surface area contributed by atoms with E-state index in [0.717, 1.165) is 31.2 Å². The van der Waals surface area contributed by atoms with E-state index in [1.54, 1.807) is 24.1 Å². The van der Waals surface area contributed by atoms with Gasteiger partial charge in [0.25, 0.3) is 0 Å². The van der Waals surface area contributed by atoms with Gasteiger partial charge in [0, 0.05) is 11.8 Å². The highest BCUT2D eigenvalue weighted by molar-refractivity contribution is 6.33. The van der Waals surface area contributed by atoms with Crippen molar-refractivity contribution in [2.75, 3.05) is 7.11 Å². The minimum Gasteiger partial charge on any atom is -0.495 e. The van der Waals surface area contributed by atoms with E-state index < -0.39 is 18.2 Å². The highest BCUT2D eigenvalue weighted by Crippen LogP contribution is 2.37. The molecule has 1 aliphatic rings. The zero-order chi connectivity index (χ0) is 22.8. The third-order valence-electron chi connectivity index (χ3n) is 5.92. The van der Waals surface area contributed by atoms with Gasteiger partial charge in [-0.2, -0.15) is 5.10 Å². The van der Waals surface area contributed by atoms with Crippen LogP contribution in [0.15, 0.2) is 30.6 Å². The summed E-state index contributed by atoms with van der Waals surface area (Å²) in [5.74, 6) is -0.553. The molecule has 0 bridgehead atoms. The molecule has 2 heterocycles. The number of halogens is 1. The first kappa shape index (κ1) is 22.5. The standard InChI is InChI=1S/C23H26ClN3O5/c1-13-7-8-15(19(24)22(13)31-2)21(28)18(32-14-5-3-4-6-14)12-27-11-17-20(26-27)16(23(29)30)9-10-25-17/h7-11,14,18,21,28H,3-6,12H2,1-2H3,(H,29,30)/t18-,21+/m0/s1. The molecule has 0 unspecified atom stereocenters. The van der Waals surface area contributed by atoms with E-state index in [-0.39, 0.29) is 18.2 Å². The van der Waals surface area contributed by atoms with Crippen molar-refractivity contribution in [2.24, 2.45) is 0 Å². The van der Waals surface area contributed by atoms with Gasteiger partial charge in [-0.15, -0.1) is 0 Å². The topological polar surface area (TPSA) is 107 Å². The zero-order valence-corrected chi connectivity index (χ0v) is 18.7. The van der Waals surface area contributed by atoms with Crippen LogP contribution in [0.25, 0.3) is 11.0 Å². The Morgan fingerprint density at radius 1 is 1.31 bits per heavy atom. The van der Waals surface area contributed by atoms with Crippen molar-refractivity contribution in [2.45, 2.75) is 57.5 Å². The molecule has 3 aromatic rings. The second-order valence-corrected chi connectivity index (χ2v) is 8.47. The van der Waals surface area contributed by atoms with Gasteiger partial charge in [0.15, 0.2) is 0 Å². The lowest BCUT2D eigenvalue weighted by molar-refractivity contribution is -0.0844. The number of aryl methyl sites for hydroxylation is 1. The highest BCUT2D eigenvalue weighted by atomic mass is 35.5. The van der Waals surface area contributed by atoms with Gasteiger partial charge in [-0.25, -0.2) is 4.79 Å². The van der Waals surface area contributed by atoms with Crippen LogP contribution in [0.4, 0.5) is 0 Å². The number of rotatable bonds is 8. The summed E-state index contributed by atoms with van der Waals surface area (Å²) in [5, 5.41) is 25.5. The Balaban J connectivity index is 1.68. The Hall–Kier alpha value is -2.68. The molecule has 2 atom stereocenters. The van der Waals surface area contributed by atoms with Crippen LogP contribution in [0, 0.1) is 6.92 Å². The van der Waals surface area contributed by atoms with E-state index >= 15 is 0 Å². The number of carboxylic acids is 1. The smallest absolute Gasteiger partial charge is 0.338 e. The second-order valence-electron chi connectivity index (χ2n) is 8.09. The quantitative estimate of drug-likeness (QED) is 0.520. The van der Waals surface area contributed by atoms with Crippen LogP contribution in [0.1, 0.15) is 53.3 Å². The molecular formula is C23H26ClN3O5. The first-order valence-electron chi connectivity index (χ1n) is 10.6. The number of benzene rings is 1. The third-order valence-corrected chi connectivity index (χ3v) is 6.31. The van der Waals surface area contributed by atoms with Gasteiger partial charge in [-0.1, -0.05) is 36.6 Å². The molecule has 0 amide bonds. The molecule has 0 spiro atoms. The van der Waals surface area contributed by atoms with Gasteiger partial charge in [0.05, 0.1) is 36.5 Å². The summed E-state index contributed by atoms with van der Waals surface area (Å²) in [7, 11) is 1.54. The Labute approximate surface area is 190 Å². The van der Waals surface area contributed by atoms with Crippen molar-refractivity contribution >= 4 is 28.6 Å². The maximum absolute atomic E-state index is 11.5. The SMILES string of the molecule is COc1c(C)ccc([C@@H](O)[C@H](Cn2cc3nccc(C(=O)O)c3n2)OC2CCCC2)c1Cl. The average Bonchev–Trinajstić information content (AvgIpc) is 3.42. The van der Waals surface area contributed by atoms with Crippen molar-refractivity contribution in [1.29, 1.82) is 0 Å². The molecule has 1 aliphatic carbocycles. The number of carboxylic acid groups (broad SMARTS) is 1. The molecule has 0 radical (unpaired) electrons. The summed E-state index contributed by atoms with van der Waals surface area (Å²) >= 11 is 6.55. The average molecular weight is 460 g/mol. The van der Waals surface area contributed by atoms with Crippen molar-refractivity contribution in [3.8, 4) is 5.75 Å². The largest absolute Gasteiger partial charge is 0.495 e. The van der Waals surface area contributed by atoms with Gasteiger partial charge in [-0.05, 0) is 31.4 Å². The lowest BCUT2D eigenvalue weighted by Gasteiger charge is -2.28. The number of fused-ring (bicyclic) bond motifs is 1. The summed E-state index contributed by atoms with van der Waals surface area (Å²) < 4.78 is 13.3. The fourth-order valence-electron chi connectivity index (χ4n) is 4.25. The Morgan fingerprint density at radius 2 is 2.06 bits per heavy atom. The molecule has 170 valence electrons. The predicted octanol–water partition coefficient (Wildman–Crippen LogP) is 4.16. The number of hydrogen-bond donors (Lipinski definition) is 2. The van der Waals surface area contributed by atoms with Gasteiger partial charge in [-0.3, -0.25) is 9.67 Å². The van der Waals surface area contributed by atoms with E-state index in [1.165, 1.54) is 12.3 Å².